The van der Waals surface area contributed by atoms with Gasteiger partial charge in [0.25, 0.3) is 0 Å². The molecule has 0 bridgehead atoms. The summed E-state index contributed by atoms with van der Waals surface area (Å²) in [5.41, 5.74) is 2.43. The molecule has 0 saturated carbocycles. The van der Waals surface area contributed by atoms with Crippen molar-refractivity contribution in [1.29, 1.82) is 0 Å². The van der Waals surface area contributed by atoms with Crippen molar-refractivity contribution in [2.45, 2.75) is 45.4 Å². The number of carbonyl (C=O) groups excluding carboxylic acids is 2. The van der Waals surface area contributed by atoms with Crippen molar-refractivity contribution in [3.63, 3.8) is 0 Å². The topological polar surface area (TPSA) is 92.7 Å². The summed E-state index contributed by atoms with van der Waals surface area (Å²) in [5.74, 6) is -1.22. The predicted octanol–water partition coefficient (Wildman–Crippen LogP) is 3.78. The van der Waals surface area contributed by atoms with Crippen LogP contribution in [0.2, 0.25) is 0 Å². The minimum absolute atomic E-state index is 0.0436. The normalized spacial score (nSPS) is 9.77. The Labute approximate surface area is 178 Å². The van der Waals surface area contributed by atoms with Gasteiger partial charge in [-0.3, -0.25) is 14.4 Å². The molecule has 0 saturated heterocycles. The molecular formula is C24H31NO5. The van der Waals surface area contributed by atoms with Crippen LogP contribution in [0, 0.1) is 0 Å². The molecule has 0 aliphatic carbocycles. The van der Waals surface area contributed by atoms with Crippen LogP contribution in [-0.4, -0.2) is 36.1 Å². The Morgan fingerprint density at radius 1 is 0.833 bits per heavy atom. The molecule has 0 heterocycles. The van der Waals surface area contributed by atoms with E-state index in [1.807, 2.05) is 60.7 Å². The van der Waals surface area contributed by atoms with Crippen LogP contribution in [0.5, 0.6) is 0 Å². The Hall–Kier alpha value is -3.15. The lowest BCUT2D eigenvalue weighted by atomic mass is 10.1. The molecule has 0 aliphatic heterocycles. The third-order valence-corrected chi connectivity index (χ3v) is 4.15. The second kappa shape index (κ2) is 15.7. The standard InChI is InChI=1S/C14H19NO3.C10H12O2/c1-2-18-14(17)11-15-13(16)10-6-9-12-7-4-3-5-8-12;11-10(12)8-4-7-9-5-2-1-3-6-9/h3-5,7-8H,2,6,9-11H2,1H3,(H,15,16);1-3,5-6H,4,7-8H2,(H,11,12). The summed E-state index contributed by atoms with van der Waals surface area (Å²) in [7, 11) is 0. The molecule has 0 aliphatic rings. The molecule has 0 atom stereocenters. The van der Waals surface area contributed by atoms with Gasteiger partial charge in [0.05, 0.1) is 6.61 Å². The monoisotopic (exact) mass is 413 g/mol. The third-order valence-electron chi connectivity index (χ3n) is 4.15. The summed E-state index contributed by atoms with van der Waals surface area (Å²) in [5, 5.41) is 10.9. The molecular weight excluding hydrogens is 382 g/mol. The summed E-state index contributed by atoms with van der Waals surface area (Å²) < 4.78 is 4.71. The van der Waals surface area contributed by atoms with E-state index in [4.69, 9.17) is 9.84 Å². The van der Waals surface area contributed by atoms with E-state index in [1.54, 1.807) is 6.92 Å². The molecule has 2 rings (SSSR count). The van der Waals surface area contributed by atoms with Crippen molar-refractivity contribution in [3.05, 3.63) is 71.8 Å². The van der Waals surface area contributed by atoms with Crippen molar-refractivity contribution < 1.29 is 24.2 Å². The highest BCUT2D eigenvalue weighted by molar-refractivity contribution is 5.81. The Morgan fingerprint density at radius 3 is 1.80 bits per heavy atom. The Kier molecular flexibility index (Phi) is 13.1. The first-order valence-electron chi connectivity index (χ1n) is 10.2. The van der Waals surface area contributed by atoms with Gasteiger partial charge in [0, 0.05) is 12.8 Å². The fourth-order valence-corrected chi connectivity index (χ4v) is 2.66. The van der Waals surface area contributed by atoms with Crippen LogP contribution < -0.4 is 5.32 Å². The number of benzene rings is 2. The highest BCUT2D eigenvalue weighted by Gasteiger charge is 2.05. The highest BCUT2D eigenvalue weighted by atomic mass is 16.5. The molecule has 0 spiro atoms. The molecule has 162 valence electrons. The maximum absolute atomic E-state index is 11.4. The predicted molar refractivity (Wildman–Crippen MR) is 116 cm³/mol. The summed E-state index contributed by atoms with van der Waals surface area (Å²) in [6.07, 6.45) is 3.90. The number of hydrogen-bond acceptors (Lipinski definition) is 4. The number of aryl methyl sites for hydroxylation is 2. The SMILES string of the molecule is CCOC(=O)CNC(=O)CCCc1ccccc1.O=C(O)CCCc1ccccc1. The zero-order chi connectivity index (χ0) is 22.0. The molecule has 0 fully saturated rings. The second-order valence-electron chi connectivity index (χ2n) is 6.65. The van der Waals surface area contributed by atoms with E-state index in [9.17, 15) is 14.4 Å². The zero-order valence-corrected chi connectivity index (χ0v) is 17.5. The van der Waals surface area contributed by atoms with Gasteiger partial charge in [-0.05, 0) is 43.7 Å². The minimum atomic E-state index is -0.717. The number of hydrogen-bond donors (Lipinski definition) is 2. The zero-order valence-electron chi connectivity index (χ0n) is 17.5. The number of carbonyl (C=O) groups is 3. The van der Waals surface area contributed by atoms with Gasteiger partial charge < -0.3 is 15.2 Å². The Bertz CT molecular complexity index is 747. The first kappa shape index (κ1) is 24.9. The first-order chi connectivity index (χ1) is 14.5. The quantitative estimate of drug-likeness (QED) is 0.547. The van der Waals surface area contributed by atoms with E-state index < -0.39 is 11.9 Å². The van der Waals surface area contributed by atoms with Crippen molar-refractivity contribution >= 4 is 17.8 Å². The molecule has 1 amide bonds. The molecule has 6 heteroatoms. The lowest BCUT2D eigenvalue weighted by Crippen LogP contribution is -2.30. The van der Waals surface area contributed by atoms with E-state index in [1.165, 1.54) is 11.1 Å². The molecule has 0 aromatic heterocycles. The third kappa shape index (κ3) is 13.1. The lowest BCUT2D eigenvalue weighted by molar-refractivity contribution is -0.143. The van der Waals surface area contributed by atoms with E-state index in [-0.39, 0.29) is 18.9 Å². The first-order valence-corrected chi connectivity index (χ1v) is 10.2. The minimum Gasteiger partial charge on any atom is -0.481 e. The van der Waals surface area contributed by atoms with Gasteiger partial charge in [-0.25, -0.2) is 0 Å². The largest absolute Gasteiger partial charge is 0.481 e. The number of rotatable bonds is 11. The Balaban J connectivity index is 0.000000325. The summed E-state index contributed by atoms with van der Waals surface area (Å²) >= 11 is 0. The van der Waals surface area contributed by atoms with Gasteiger partial charge in [0.2, 0.25) is 5.91 Å². The van der Waals surface area contributed by atoms with Crippen molar-refractivity contribution in [3.8, 4) is 0 Å². The van der Waals surface area contributed by atoms with Gasteiger partial charge >= 0.3 is 11.9 Å². The fraction of sp³-hybridized carbons (Fsp3) is 0.375. The summed E-state index contributed by atoms with van der Waals surface area (Å²) in [6, 6.07) is 19.9. The average Bonchev–Trinajstić information content (AvgIpc) is 2.74. The van der Waals surface area contributed by atoms with Crippen molar-refractivity contribution in [1.82, 2.24) is 5.32 Å². The van der Waals surface area contributed by atoms with Crippen molar-refractivity contribution in [2.24, 2.45) is 0 Å². The number of amides is 1. The van der Waals surface area contributed by atoms with Gasteiger partial charge in [0.15, 0.2) is 0 Å². The van der Waals surface area contributed by atoms with Crippen LogP contribution in [0.1, 0.15) is 43.7 Å². The lowest BCUT2D eigenvalue weighted by Gasteiger charge is -2.05. The van der Waals surface area contributed by atoms with Crippen LogP contribution in [0.4, 0.5) is 0 Å². The van der Waals surface area contributed by atoms with Gasteiger partial charge in [-0.1, -0.05) is 60.7 Å². The van der Waals surface area contributed by atoms with Gasteiger partial charge in [-0.15, -0.1) is 0 Å². The van der Waals surface area contributed by atoms with Crippen LogP contribution >= 0.6 is 0 Å². The molecule has 2 aromatic rings. The Morgan fingerprint density at radius 2 is 1.33 bits per heavy atom. The maximum atomic E-state index is 11.4. The summed E-state index contributed by atoms with van der Waals surface area (Å²) in [6.45, 7) is 2.03. The number of carboxylic acids is 1. The van der Waals surface area contributed by atoms with E-state index in [0.717, 1.165) is 25.7 Å². The maximum Gasteiger partial charge on any atom is 0.325 e. The number of carboxylic acid groups (broad SMARTS) is 1. The van der Waals surface area contributed by atoms with E-state index in [0.29, 0.717) is 13.0 Å². The van der Waals surface area contributed by atoms with Crippen LogP contribution in [-0.2, 0) is 32.0 Å². The van der Waals surface area contributed by atoms with E-state index >= 15 is 0 Å². The van der Waals surface area contributed by atoms with Crippen LogP contribution in [0.25, 0.3) is 0 Å². The number of nitrogens with one attached hydrogen (secondary N) is 1. The number of aliphatic carboxylic acids is 1. The fourth-order valence-electron chi connectivity index (χ4n) is 2.66. The molecule has 30 heavy (non-hydrogen) atoms. The average molecular weight is 414 g/mol. The van der Waals surface area contributed by atoms with Gasteiger partial charge in [0.1, 0.15) is 6.54 Å². The molecule has 2 N–H and O–H groups in total. The molecule has 0 radical (unpaired) electrons. The molecule has 6 nitrogen and oxygen atoms in total. The summed E-state index contributed by atoms with van der Waals surface area (Å²) in [4.78, 5) is 32.6. The number of esters is 1. The van der Waals surface area contributed by atoms with Crippen LogP contribution in [0.15, 0.2) is 60.7 Å². The highest BCUT2D eigenvalue weighted by Crippen LogP contribution is 2.05. The van der Waals surface area contributed by atoms with E-state index in [2.05, 4.69) is 5.32 Å². The van der Waals surface area contributed by atoms with Crippen molar-refractivity contribution in [2.75, 3.05) is 13.2 Å². The molecule has 2 aromatic carbocycles. The van der Waals surface area contributed by atoms with Crippen LogP contribution in [0.3, 0.4) is 0 Å². The smallest absolute Gasteiger partial charge is 0.325 e. The van der Waals surface area contributed by atoms with Gasteiger partial charge in [-0.2, -0.15) is 0 Å². The molecule has 0 unspecified atom stereocenters. The second-order valence-corrected chi connectivity index (χ2v) is 6.65. The number of ether oxygens (including phenoxy) is 1.